The summed E-state index contributed by atoms with van der Waals surface area (Å²) in [5.74, 6) is 0.977. The minimum absolute atomic E-state index is 0.306. The molecular formula is C24H21NO. The van der Waals surface area contributed by atoms with Gasteiger partial charge in [0, 0.05) is 10.9 Å². The number of nitrogens with zero attached hydrogens (tertiary/aromatic N) is 1. The van der Waals surface area contributed by atoms with Crippen LogP contribution in [0.1, 0.15) is 24.5 Å². The summed E-state index contributed by atoms with van der Waals surface area (Å²) in [5.41, 5.74) is 5.55. The van der Waals surface area contributed by atoms with Crippen molar-refractivity contribution in [3.8, 4) is 17.0 Å². The van der Waals surface area contributed by atoms with Crippen LogP contribution < -0.4 is 0 Å². The maximum Gasteiger partial charge on any atom is 0.124 e. The first-order valence-corrected chi connectivity index (χ1v) is 9.34. The van der Waals surface area contributed by atoms with Gasteiger partial charge in [-0.2, -0.15) is 0 Å². The molecule has 0 unspecified atom stereocenters. The van der Waals surface area contributed by atoms with Crippen molar-refractivity contribution < 1.29 is 5.11 Å². The van der Waals surface area contributed by atoms with Gasteiger partial charge in [-0.1, -0.05) is 49.4 Å². The number of rotatable bonds is 1. The van der Waals surface area contributed by atoms with Crippen LogP contribution in [0.25, 0.3) is 32.9 Å². The first-order chi connectivity index (χ1) is 12.7. The summed E-state index contributed by atoms with van der Waals surface area (Å²) in [6, 6.07) is 20.4. The molecule has 0 aliphatic heterocycles. The second-order valence-electron chi connectivity index (χ2n) is 7.46. The Morgan fingerprint density at radius 2 is 1.73 bits per heavy atom. The Kier molecular flexibility index (Phi) is 3.46. The highest BCUT2D eigenvalue weighted by Crippen LogP contribution is 2.41. The van der Waals surface area contributed by atoms with Gasteiger partial charge >= 0.3 is 0 Å². The molecule has 1 heterocycles. The standard InChI is InChI=1S/C24H21NO/c1-15-10-12-18-20(14-15)23-17-7-3-2-6-16(17)11-13-21(23)25-24(18)19-8-4-5-9-22(19)26/h2-9,11,13,15,26H,10,12,14H2,1H3/t15-/m1/s1. The Bertz CT molecular complexity index is 1150. The van der Waals surface area contributed by atoms with E-state index in [-0.39, 0.29) is 0 Å². The number of hydrogen-bond acceptors (Lipinski definition) is 2. The van der Waals surface area contributed by atoms with Crippen LogP contribution in [0.4, 0.5) is 0 Å². The topological polar surface area (TPSA) is 33.1 Å². The number of benzene rings is 3. The molecule has 26 heavy (non-hydrogen) atoms. The van der Waals surface area contributed by atoms with Crippen LogP contribution in [0.5, 0.6) is 5.75 Å². The van der Waals surface area contributed by atoms with Crippen molar-refractivity contribution in [1.82, 2.24) is 4.98 Å². The second-order valence-corrected chi connectivity index (χ2v) is 7.46. The summed E-state index contributed by atoms with van der Waals surface area (Å²) in [7, 11) is 0. The molecule has 0 saturated carbocycles. The van der Waals surface area contributed by atoms with Gasteiger partial charge in [-0.15, -0.1) is 0 Å². The van der Waals surface area contributed by atoms with E-state index in [1.54, 1.807) is 6.07 Å². The van der Waals surface area contributed by atoms with E-state index in [1.807, 2.05) is 18.2 Å². The number of aromatic nitrogens is 1. The zero-order valence-corrected chi connectivity index (χ0v) is 14.9. The number of fused-ring (bicyclic) bond motifs is 5. The van der Waals surface area contributed by atoms with E-state index in [4.69, 9.17) is 4.98 Å². The molecule has 2 heteroatoms. The molecule has 0 bridgehead atoms. The molecule has 0 radical (unpaired) electrons. The first kappa shape index (κ1) is 15.4. The van der Waals surface area contributed by atoms with Crippen LogP contribution in [-0.4, -0.2) is 10.1 Å². The fourth-order valence-corrected chi connectivity index (χ4v) is 4.38. The molecule has 3 aromatic carbocycles. The van der Waals surface area contributed by atoms with Gasteiger partial charge in [0.1, 0.15) is 5.75 Å². The summed E-state index contributed by atoms with van der Waals surface area (Å²) in [5, 5.41) is 14.3. The van der Waals surface area contributed by atoms with Crippen LogP contribution in [0, 0.1) is 5.92 Å². The summed E-state index contributed by atoms with van der Waals surface area (Å²) >= 11 is 0. The third kappa shape index (κ3) is 2.29. The summed E-state index contributed by atoms with van der Waals surface area (Å²) < 4.78 is 0. The molecule has 128 valence electrons. The van der Waals surface area contributed by atoms with Gasteiger partial charge in [-0.25, -0.2) is 4.98 Å². The number of para-hydroxylation sites is 1. The summed E-state index contributed by atoms with van der Waals surface area (Å²) in [6.07, 6.45) is 3.26. The number of phenolic OH excluding ortho intramolecular Hbond substituents is 1. The lowest BCUT2D eigenvalue weighted by molar-refractivity contribution is 0.476. The van der Waals surface area contributed by atoms with Crippen LogP contribution >= 0.6 is 0 Å². The van der Waals surface area contributed by atoms with Gasteiger partial charge in [0.25, 0.3) is 0 Å². The third-order valence-electron chi connectivity index (χ3n) is 5.69. The Morgan fingerprint density at radius 1 is 0.923 bits per heavy atom. The van der Waals surface area contributed by atoms with Crippen LogP contribution in [-0.2, 0) is 12.8 Å². The maximum absolute atomic E-state index is 10.4. The number of aromatic hydroxyl groups is 1. The van der Waals surface area contributed by atoms with Gasteiger partial charge in [0.2, 0.25) is 0 Å². The molecule has 1 aromatic heterocycles. The Hall–Kier alpha value is -2.87. The van der Waals surface area contributed by atoms with Gasteiger partial charge in [0.15, 0.2) is 0 Å². The Labute approximate surface area is 153 Å². The zero-order valence-electron chi connectivity index (χ0n) is 14.9. The fraction of sp³-hybridized carbons (Fsp3) is 0.208. The lowest BCUT2D eigenvalue weighted by atomic mass is 9.80. The molecule has 0 spiro atoms. The molecule has 0 fully saturated rings. The molecule has 2 nitrogen and oxygen atoms in total. The minimum Gasteiger partial charge on any atom is -0.507 e. The second kappa shape index (κ2) is 5.84. The molecule has 0 saturated heterocycles. The van der Waals surface area contributed by atoms with E-state index in [9.17, 15) is 5.11 Å². The van der Waals surface area contributed by atoms with E-state index in [1.165, 1.54) is 33.7 Å². The molecule has 1 N–H and O–H groups in total. The van der Waals surface area contributed by atoms with Crippen molar-refractivity contribution in [2.45, 2.75) is 26.2 Å². The zero-order chi connectivity index (χ0) is 17.7. The van der Waals surface area contributed by atoms with Gasteiger partial charge in [-0.05, 0) is 65.3 Å². The predicted molar refractivity (Wildman–Crippen MR) is 108 cm³/mol. The molecule has 0 amide bonds. The Balaban J connectivity index is 1.92. The van der Waals surface area contributed by atoms with E-state index in [0.29, 0.717) is 11.7 Å². The lowest BCUT2D eigenvalue weighted by Crippen LogP contribution is -2.14. The van der Waals surface area contributed by atoms with E-state index < -0.39 is 0 Å². The van der Waals surface area contributed by atoms with E-state index in [2.05, 4.69) is 43.3 Å². The highest BCUT2D eigenvalue weighted by molar-refractivity contribution is 6.09. The predicted octanol–water partition coefficient (Wildman–Crippen LogP) is 5.89. The SMILES string of the molecule is C[C@@H]1CCc2c(-c3ccccc3O)nc3ccc4ccccc4c3c2C1. The van der Waals surface area contributed by atoms with Crippen molar-refractivity contribution in [2.24, 2.45) is 5.92 Å². The van der Waals surface area contributed by atoms with Crippen LogP contribution in [0.3, 0.4) is 0 Å². The van der Waals surface area contributed by atoms with Crippen molar-refractivity contribution in [3.63, 3.8) is 0 Å². The van der Waals surface area contributed by atoms with Gasteiger partial charge in [-0.3, -0.25) is 0 Å². The van der Waals surface area contributed by atoms with Gasteiger partial charge in [0.05, 0.1) is 11.2 Å². The monoisotopic (exact) mass is 339 g/mol. The molecular weight excluding hydrogens is 318 g/mol. The average Bonchev–Trinajstić information content (AvgIpc) is 2.67. The van der Waals surface area contributed by atoms with Crippen molar-refractivity contribution in [3.05, 3.63) is 71.8 Å². The minimum atomic E-state index is 0.306. The molecule has 5 rings (SSSR count). The highest BCUT2D eigenvalue weighted by atomic mass is 16.3. The summed E-state index contributed by atoms with van der Waals surface area (Å²) in [4.78, 5) is 5.03. The Morgan fingerprint density at radius 3 is 2.62 bits per heavy atom. The van der Waals surface area contributed by atoms with E-state index >= 15 is 0 Å². The molecule has 4 aromatic rings. The lowest BCUT2D eigenvalue weighted by Gasteiger charge is -2.26. The number of hydrogen-bond donors (Lipinski definition) is 1. The number of pyridine rings is 1. The van der Waals surface area contributed by atoms with Crippen molar-refractivity contribution in [2.75, 3.05) is 0 Å². The quantitative estimate of drug-likeness (QED) is 0.439. The largest absolute Gasteiger partial charge is 0.507 e. The smallest absolute Gasteiger partial charge is 0.124 e. The van der Waals surface area contributed by atoms with Crippen LogP contribution in [0.2, 0.25) is 0 Å². The van der Waals surface area contributed by atoms with Crippen LogP contribution in [0.15, 0.2) is 60.7 Å². The van der Waals surface area contributed by atoms with Gasteiger partial charge < -0.3 is 5.11 Å². The highest BCUT2D eigenvalue weighted by Gasteiger charge is 2.24. The normalized spacial score (nSPS) is 16.7. The first-order valence-electron chi connectivity index (χ1n) is 9.34. The van der Waals surface area contributed by atoms with Crippen molar-refractivity contribution in [1.29, 1.82) is 0 Å². The average molecular weight is 339 g/mol. The number of phenols is 1. The third-order valence-corrected chi connectivity index (χ3v) is 5.69. The summed E-state index contributed by atoms with van der Waals surface area (Å²) in [6.45, 7) is 2.33. The molecule has 1 aliphatic rings. The molecule has 1 aliphatic carbocycles. The fourth-order valence-electron chi connectivity index (χ4n) is 4.38. The maximum atomic E-state index is 10.4. The van der Waals surface area contributed by atoms with E-state index in [0.717, 1.165) is 29.6 Å². The molecule has 1 atom stereocenters. The van der Waals surface area contributed by atoms with Crippen molar-refractivity contribution >= 4 is 21.7 Å².